The molecular formula is C11H12ClNO2S2. The van der Waals surface area contributed by atoms with Gasteiger partial charge in [0.05, 0.1) is 5.02 Å². The average Bonchev–Trinajstić information content (AvgIpc) is 2.91. The maximum absolute atomic E-state index is 12.5. The summed E-state index contributed by atoms with van der Waals surface area (Å²) in [5.74, 6) is 0.911. The highest BCUT2D eigenvalue weighted by atomic mass is 35.5. The molecule has 2 fully saturated rings. The lowest BCUT2D eigenvalue weighted by atomic mass is 10.3. The number of hydrogen-bond donors (Lipinski definition) is 0. The molecule has 2 unspecified atom stereocenters. The van der Waals surface area contributed by atoms with Crippen molar-refractivity contribution in [2.24, 2.45) is 0 Å². The molecule has 2 saturated heterocycles. The van der Waals surface area contributed by atoms with Gasteiger partial charge in [-0.2, -0.15) is 16.1 Å². The zero-order valence-electron chi connectivity index (χ0n) is 9.04. The van der Waals surface area contributed by atoms with Crippen LogP contribution >= 0.6 is 23.4 Å². The second kappa shape index (κ2) is 4.16. The Hall–Kier alpha value is -0.230. The Labute approximate surface area is 110 Å². The minimum Gasteiger partial charge on any atom is -0.207 e. The summed E-state index contributed by atoms with van der Waals surface area (Å²) in [4.78, 5) is 0.235. The molecule has 2 aliphatic heterocycles. The fourth-order valence-corrected chi connectivity index (χ4v) is 6.24. The van der Waals surface area contributed by atoms with Crippen molar-refractivity contribution >= 4 is 33.4 Å². The van der Waals surface area contributed by atoms with Gasteiger partial charge in [-0.3, -0.25) is 0 Å². The number of rotatable bonds is 2. The number of thioether (sulfide) groups is 1. The molecule has 0 amide bonds. The summed E-state index contributed by atoms with van der Waals surface area (Å²) in [6.45, 7) is 0.628. The van der Waals surface area contributed by atoms with Crippen LogP contribution in [0.25, 0.3) is 0 Å². The van der Waals surface area contributed by atoms with E-state index in [1.807, 2.05) is 11.8 Å². The highest BCUT2D eigenvalue weighted by molar-refractivity contribution is 8.00. The molecule has 3 rings (SSSR count). The zero-order chi connectivity index (χ0) is 12.0. The van der Waals surface area contributed by atoms with Gasteiger partial charge in [-0.05, 0) is 18.6 Å². The summed E-state index contributed by atoms with van der Waals surface area (Å²) in [6.07, 6.45) is 0.981. The molecule has 17 heavy (non-hydrogen) atoms. The van der Waals surface area contributed by atoms with Crippen LogP contribution in [0.5, 0.6) is 0 Å². The fourth-order valence-electron chi connectivity index (χ4n) is 2.44. The fraction of sp³-hybridized carbons (Fsp3) is 0.455. The summed E-state index contributed by atoms with van der Waals surface area (Å²) < 4.78 is 26.6. The molecule has 0 aliphatic carbocycles. The number of nitrogens with zero attached hydrogens (tertiary/aromatic N) is 1. The van der Waals surface area contributed by atoms with E-state index >= 15 is 0 Å². The first kappa shape index (κ1) is 11.8. The first-order valence-corrected chi connectivity index (χ1v) is 8.33. The Balaban J connectivity index is 2.00. The predicted molar refractivity (Wildman–Crippen MR) is 70.0 cm³/mol. The molecule has 2 bridgehead atoms. The second-order valence-electron chi connectivity index (χ2n) is 4.35. The maximum Gasteiger partial charge on any atom is 0.244 e. The van der Waals surface area contributed by atoms with Crippen molar-refractivity contribution in [1.29, 1.82) is 0 Å². The Kier molecular flexibility index (Phi) is 2.89. The van der Waals surface area contributed by atoms with Crippen LogP contribution in [0.2, 0.25) is 5.02 Å². The lowest BCUT2D eigenvalue weighted by Gasteiger charge is -2.26. The van der Waals surface area contributed by atoms with E-state index < -0.39 is 10.0 Å². The van der Waals surface area contributed by atoms with Crippen LogP contribution in [0.3, 0.4) is 0 Å². The van der Waals surface area contributed by atoms with E-state index in [1.165, 1.54) is 0 Å². The molecular weight excluding hydrogens is 278 g/mol. The van der Waals surface area contributed by atoms with Crippen molar-refractivity contribution in [2.45, 2.75) is 22.6 Å². The number of hydrogen-bond acceptors (Lipinski definition) is 3. The Morgan fingerprint density at radius 2 is 2.12 bits per heavy atom. The SMILES string of the molecule is O=S(=O)(c1ccccc1Cl)N1CC2CC1CS2. The third-order valence-corrected chi connectivity index (χ3v) is 7.08. The summed E-state index contributed by atoms with van der Waals surface area (Å²) in [5.41, 5.74) is 0. The lowest BCUT2D eigenvalue weighted by Crippen LogP contribution is -2.39. The first-order valence-electron chi connectivity index (χ1n) is 5.47. The molecule has 3 nitrogen and oxygen atoms in total. The van der Waals surface area contributed by atoms with Crippen LogP contribution in [0.15, 0.2) is 29.2 Å². The molecule has 2 aliphatic rings. The second-order valence-corrected chi connectivity index (χ2v) is 7.95. The molecule has 0 spiro atoms. The average molecular weight is 290 g/mol. The highest BCUT2D eigenvalue weighted by Gasteiger charge is 2.45. The van der Waals surface area contributed by atoms with Crippen molar-refractivity contribution in [2.75, 3.05) is 12.3 Å². The summed E-state index contributed by atoms with van der Waals surface area (Å²) >= 11 is 7.85. The van der Waals surface area contributed by atoms with Crippen LogP contribution in [0, 0.1) is 0 Å². The summed E-state index contributed by atoms with van der Waals surface area (Å²) in [7, 11) is -3.41. The largest absolute Gasteiger partial charge is 0.244 e. The summed E-state index contributed by atoms with van der Waals surface area (Å²) in [5, 5.41) is 0.778. The number of halogens is 1. The quantitative estimate of drug-likeness (QED) is 0.838. The first-order chi connectivity index (χ1) is 8.09. The van der Waals surface area contributed by atoms with E-state index in [2.05, 4.69) is 0 Å². The third kappa shape index (κ3) is 1.89. The molecule has 2 heterocycles. The van der Waals surface area contributed by atoms with Gasteiger partial charge in [0.25, 0.3) is 0 Å². The van der Waals surface area contributed by atoms with E-state index in [0.29, 0.717) is 16.8 Å². The predicted octanol–water partition coefficient (Wildman–Crippen LogP) is 2.22. The number of benzene rings is 1. The van der Waals surface area contributed by atoms with Crippen LogP contribution in [0.1, 0.15) is 6.42 Å². The van der Waals surface area contributed by atoms with Gasteiger partial charge < -0.3 is 0 Å². The van der Waals surface area contributed by atoms with Gasteiger partial charge in [0, 0.05) is 23.6 Å². The summed E-state index contributed by atoms with van der Waals surface area (Å²) in [6, 6.07) is 6.81. The third-order valence-electron chi connectivity index (χ3n) is 3.27. The Bertz CT molecular complexity index is 546. The molecule has 6 heteroatoms. The Morgan fingerprint density at radius 1 is 1.35 bits per heavy atom. The van der Waals surface area contributed by atoms with E-state index in [-0.39, 0.29) is 10.9 Å². The molecule has 0 aromatic heterocycles. The van der Waals surface area contributed by atoms with Crippen molar-refractivity contribution in [3.8, 4) is 0 Å². The van der Waals surface area contributed by atoms with Crippen molar-refractivity contribution in [3.63, 3.8) is 0 Å². The van der Waals surface area contributed by atoms with Gasteiger partial charge >= 0.3 is 0 Å². The molecule has 0 radical (unpaired) electrons. The van der Waals surface area contributed by atoms with Gasteiger partial charge in [-0.1, -0.05) is 23.7 Å². The smallest absolute Gasteiger partial charge is 0.207 e. The van der Waals surface area contributed by atoms with Gasteiger partial charge in [0.2, 0.25) is 10.0 Å². The number of fused-ring (bicyclic) bond motifs is 2. The van der Waals surface area contributed by atoms with E-state index in [9.17, 15) is 8.42 Å². The Morgan fingerprint density at radius 3 is 2.71 bits per heavy atom. The van der Waals surface area contributed by atoms with E-state index in [4.69, 9.17) is 11.6 Å². The van der Waals surface area contributed by atoms with Crippen molar-refractivity contribution in [3.05, 3.63) is 29.3 Å². The van der Waals surface area contributed by atoms with Gasteiger partial charge in [0.15, 0.2) is 0 Å². The standard InChI is InChI=1S/C11H12ClNO2S2/c12-10-3-1-2-4-11(10)17(14,15)13-6-9-5-8(13)7-16-9/h1-4,8-9H,5-7H2. The molecule has 0 N–H and O–H groups in total. The molecule has 0 saturated carbocycles. The zero-order valence-corrected chi connectivity index (χ0v) is 11.4. The molecule has 92 valence electrons. The van der Waals surface area contributed by atoms with Gasteiger partial charge in [-0.25, -0.2) is 8.42 Å². The van der Waals surface area contributed by atoms with Crippen LogP contribution in [0.4, 0.5) is 0 Å². The lowest BCUT2D eigenvalue weighted by molar-refractivity contribution is 0.410. The topological polar surface area (TPSA) is 37.4 Å². The van der Waals surface area contributed by atoms with E-state index in [1.54, 1.807) is 28.6 Å². The van der Waals surface area contributed by atoms with Crippen LogP contribution in [-0.4, -0.2) is 36.3 Å². The van der Waals surface area contributed by atoms with Crippen molar-refractivity contribution < 1.29 is 8.42 Å². The van der Waals surface area contributed by atoms with Crippen LogP contribution < -0.4 is 0 Å². The number of sulfonamides is 1. The molecule has 2 atom stereocenters. The maximum atomic E-state index is 12.5. The van der Waals surface area contributed by atoms with Crippen molar-refractivity contribution in [1.82, 2.24) is 4.31 Å². The van der Waals surface area contributed by atoms with Gasteiger partial charge in [0.1, 0.15) is 4.90 Å². The monoisotopic (exact) mass is 289 g/mol. The normalized spacial score (nSPS) is 28.8. The highest BCUT2D eigenvalue weighted by Crippen LogP contribution is 2.41. The van der Waals surface area contributed by atoms with Gasteiger partial charge in [-0.15, -0.1) is 0 Å². The molecule has 1 aromatic rings. The minimum absolute atomic E-state index is 0.159. The minimum atomic E-state index is -3.41. The van der Waals surface area contributed by atoms with E-state index in [0.717, 1.165) is 12.2 Å². The molecule has 1 aromatic carbocycles. The van der Waals surface area contributed by atoms with Crippen LogP contribution in [-0.2, 0) is 10.0 Å².